The molecule has 2 atom stereocenters. The van der Waals surface area contributed by atoms with E-state index in [0.29, 0.717) is 12.3 Å². The summed E-state index contributed by atoms with van der Waals surface area (Å²) >= 11 is 0. The Morgan fingerprint density at radius 1 is 1.21 bits per heavy atom. The highest BCUT2D eigenvalue weighted by molar-refractivity contribution is 6.08. The molecule has 190 valence electrons. The fourth-order valence-corrected chi connectivity index (χ4v) is 3.40. The minimum Gasteiger partial charge on any atom is -0.327 e. The van der Waals surface area contributed by atoms with E-state index in [1.165, 1.54) is 18.1 Å². The summed E-state index contributed by atoms with van der Waals surface area (Å²) < 4.78 is 0. The second-order valence-corrected chi connectivity index (χ2v) is 9.18. The van der Waals surface area contributed by atoms with Crippen LogP contribution in [-0.4, -0.2) is 54.4 Å². The lowest BCUT2D eigenvalue weighted by molar-refractivity contribution is -0.152. The topological polar surface area (TPSA) is 98.7 Å². The van der Waals surface area contributed by atoms with Crippen molar-refractivity contribution in [2.45, 2.75) is 59.9 Å². The number of nitrogens with one attached hydrogen (secondary N) is 2. The Morgan fingerprint density at radius 3 is 2.29 bits per heavy atom. The number of carbonyl (C=O) groups excluding carboxylic acids is 3. The Bertz CT molecular complexity index is 837. The molecule has 7 heteroatoms. The lowest BCUT2D eigenvalue weighted by Crippen LogP contribution is -2.56. The quantitative estimate of drug-likeness (QED) is 0.144. The van der Waals surface area contributed by atoms with Crippen molar-refractivity contribution < 1.29 is 19.6 Å². The van der Waals surface area contributed by atoms with E-state index in [1.807, 2.05) is 19.1 Å². The molecule has 0 aliphatic rings. The van der Waals surface area contributed by atoms with E-state index in [0.717, 1.165) is 28.9 Å². The zero-order valence-electron chi connectivity index (χ0n) is 21.9. The van der Waals surface area contributed by atoms with E-state index in [-0.39, 0.29) is 6.54 Å². The average molecular weight is 474 g/mol. The normalized spacial score (nSPS) is 14.5. The van der Waals surface area contributed by atoms with Crippen LogP contribution in [0.3, 0.4) is 0 Å². The van der Waals surface area contributed by atoms with Gasteiger partial charge in [0.05, 0.1) is 6.54 Å². The monoisotopic (exact) mass is 473 g/mol. The van der Waals surface area contributed by atoms with Crippen LogP contribution in [0.5, 0.6) is 0 Å². The molecule has 0 heterocycles. The Labute approximate surface area is 205 Å². The summed E-state index contributed by atoms with van der Waals surface area (Å²) in [6, 6.07) is -1.44. The van der Waals surface area contributed by atoms with Gasteiger partial charge in [-0.1, -0.05) is 83.2 Å². The number of rotatable bonds is 15. The van der Waals surface area contributed by atoms with Crippen molar-refractivity contribution in [3.63, 3.8) is 0 Å². The average Bonchev–Trinajstić information content (AvgIpc) is 2.81. The summed E-state index contributed by atoms with van der Waals surface area (Å²) in [7, 11) is 2.94. The summed E-state index contributed by atoms with van der Waals surface area (Å²) in [5.41, 5.74) is 3.36. The molecule has 2 unspecified atom stereocenters. The van der Waals surface area contributed by atoms with Gasteiger partial charge >= 0.3 is 0 Å². The SMILES string of the molecule is C=C/C(=C\CC(C)(C)C(=O)N(C)C(C(=O)CNC)C(=O)NO)C(=C)/C=C\C(=C/C)CC(C)CC. The molecule has 0 aromatic heterocycles. The van der Waals surface area contributed by atoms with Crippen molar-refractivity contribution in [3.8, 4) is 0 Å². The fourth-order valence-electron chi connectivity index (χ4n) is 3.40. The van der Waals surface area contributed by atoms with Gasteiger partial charge in [-0.25, -0.2) is 5.48 Å². The highest BCUT2D eigenvalue weighted by Gasteiger charge is 2.38. The van der Waals surface area contributed by atoms with Crippen LogP contribution in [0.1, 0.15) is 53.9 Å². The predicted molar refractivity (Wildman–Crippen MR) is 138 cm³/mol. The molecule has 0 rings (SSSR count). The third kappa shape index (κ3) is 9.61. The standard InChI is InChI=1S/C27H43N3O4/c1-10-19(4)17-21(11-2)14-13-20(5)22(12-3)15-16-27(6,7)26(33)30(9)24(25(32)29-34)23(31)18-28-8/h11-15,19,24,28,34H,3,5,10,16-18H2,1-2,4,6-9H3,(H,29,32)/b14-13-,21-11+,22-15+. The third-order valence-electron chi connectivity index (χ3n) is 5.87. The molecule has 3 N–H and O–H groups in total. The van der Waals surface area contributed by atoms with Crippen molar-refractivity contribution in [1.82, 2.24) is 15.7 Å². The first-order chi connectivity index (χ1) is 15.9. The van der Waals surface area contributed by atoms with E-state index in [4.69, 9.17) is 5.21 Å². The van der Waals surface area contributed by atoms with Crippen LogP contribution < -0.4 is 10.8 Å². The number of hydrogen-bond donors (Lipinski definition) is 3. The summed E-state index contributed by atoms with van der Waals surface area (Å²) in [5, 5.41) is 11.7. The first kappa shape index (κ1) is 31.2. The largest absolute Gasteiger partial charge is 0.327 e. The summed E-state index contributed by atoms with van der Waals surface area (Å²) in [6.45, 7) is 17.8. The molecule has 0 bridgehead atoms. The highest BCUT2D eigenvalue weighted by atomic mass is 16.5. The second kappa shape index (κ2) is 15.2. The number of nitrogens with zero attached hydrogens (tertiary/aromatic N) is 1. The Morgan fingerprint density at radius 2 is 1.82 bits per heavy atom. The molecular weight excluding hydrogens is 430 g/mol. The lowest BCUT2D eigenvalue weighted by Gasteiger charge is -2.32. The molecule has 0 radical (unpaired) electrons. The fraction of sp³-hybridized carbons (Fsp3) is 0.519. The number of carbonyl (C=O) groups is 3. The van der Waals surface area contributed by atoms with Gasteiger partial charge in [-0.15, -0.1) is 0 Å². The minimum absolute atomic E-state index is 0.117. The first-order valence-electron chi connectivity index (χ1n) is 11.6. The van der Waals surface area contributed by atoms with Gasteiger partial charge in [-0.05, 0) is 43.9 Å². The molecule has 2 amide bonds. The number of allylic oxidation sites excluding steroid dienone is 8. The van der Waals surface area contributed by atoms with Gasteiger partial charge in [0.25, 0.3) is 5.91 Å². The number of hydroxylamine groups is 1. The zero-order valence-corrected chi connectivity index (χ0v) is 21.9. The van der Waals surface area contributed by atoms with Crippen molar-refractivity contribution in [2.24, 2.45) is 11.3 Å². The van der Waals surface area contributed by atoms with Crippen molar-refractivity contribution >= 4 is 17.6 Å². The van der Waals surface area contributed by atoms with E-state index in [9.17, 15) is 14.4 Å². The Kier molecular flexibility index (Phi) is 14.0. The van der Waals surface area contributed by atoms with E-state index in [1.54, 1.807) is 27.0 Å². The smallest absolute Gasteiger partial charge is 0.273 e. The predicted octanol–water partition coefficient (Wildman–Crippen LogP) is 4.13. The molecule has 0 aromatic rings. The van der Waals surface area contributed by atoms with Crippen LogP contribution in [0.15, 0.2) is 60.3 Å². The van der Waals surface area contributed by atoms with Crippen molar-refractivity contribution in [3.05, 3.63) is 60.3 Å². The maximum atomic E-state index is 13.2. The van der Waals surface area contributed by atoms with Gasteiger partial charge in [-0.3, -0.25) is 19.6 Å². The van der Waals surface area contributed by atoms with Gasteiger partial charge in [0.2, 0.25) is 5.91 Å². The van der Waals surface area contributed by atoms with Crippen molar-refractivity contribution in [2.75, 3.05) is 20.6 Å². The van der Waals surface area contributed by atoms with Crippen molar-refractivity contribution in [1.29, 1.82) is 0 Å². The van der Waals surface area contributed by atoms with Gasteiger partial charge in [0.1, 0.15) is 0 Å². The molecule has 0 saturated heterocycles. The molecular formula is C27H43N3O4. The van der Waals surface area contributed by atoms with E-state index in [2.05, 4.69) is 44.5 Å². The molecule has 0 aromatic carbocycles. The number of likely N-dealkylation sites (N-methyl/N-ethyl adjacent to an activating group) is 2. The molecule has 0 saturated carbocycles. The van der Waals surface area contributed by atoms with E-state index < -0.39 is 29.1 Å². The van der Waals surface area contributed by atoms with Crippen LogP contribution in [0.2, 0.25) is 0 Å². The van der Waals surface area contributed by atoms with Gasteiger partial charge < -0.3 is 10.2 Å². The second-order valence-electron chi connectivity index (χ2n) is 9.18. The Hall–Kier alpha value is -2.77. The highest BCUT2D eigenvalue weighted by Crippen LogP contribution is 2.27. The number of Topliss-reactive ketones (excluding diaryl/α,β-unsaturated/α-hetero) is 1. The number of ketones is 1. The molecule has 0 fully saturated rings. The van der Waals surface area contributed by atoms with Gasteiger partial charge in [0, 0.05) is 12.5 Å². The molecule has 7 nitrogen and oxygen atoms in total. The van der Waals surface area contributed by atoms with Crippen LogP contribution in [0.4, 0.5) is 0 Å². The summed E-state index contributed by atoms with van der Waals surface area (Å²) in [4.78, 5) is 38.7. The first-order valence-corrected chi connectivity index (χ1v) is 11.6. The number of hydrogen-bond acceptors (Lipinski definition) is 5. The van der Waals surface area contributed by atoms with Crippen LogP contribution in [0, 0.1) is 11.3 Å². The summed E-state index contributed by atoms with van der Waals surface area (Å²) in [5.74, 6) is -1.29. The minimum atomic E-state index is -1.44. The zero-order chi connectivity index (χ0) is 26.5. The Balaban J connectivity index is 5.60. The maximum Gasteiger partial charge on any atom is 0.273 e. The maximum absolute atomic E-state index is 13.2. The van der Waals surface area contributed by atoms with Crippen LogP contribution in [0.25, 0.3) is 0 Å². The number of amides is 2. The van der Waals surface area contributed by atoms with Gasteiger partial charge in [-0.2, -0.15) is 0 Å². The van der Waals surface area contributed by atoms with Crippen LogP contribution >= 0.6 is 0 Å². The van der Waals surface area contributed by atoms with E-state index >= 15 is 0 Å². The molecule has 0 spiro atoms. The van der Waals surface area contributed by atoms with Gasteiger partial charge in [0.15, 0.2) is 11.8 Å². The molecule has 0 aliphatic carbocycles. The molecule has 0 aliphatic heterocycles. The van der Waals surface area contributed by atoms with Crippen LogP contribution in [-0.2, 0) is 14.4 Å². The third-order valence-corrected chi connectivity index (χ3v) is 5.87. The lowest BCUT2D eigenvalue weighted by atomic mass is 9.85. The molecule has 34 heavy (non-hydrogen) atoms. The summed E-state index contributed by atoms with van der Waals surface area (Å²) in [6.07, 6.45) is 12.1.